The lowest BCUT2D eigenvalue weighted by molar-refractivity contribution is -0.116. The number of guanidine groups is 1. The van der Waals surface area contributed by atoms with Crippen LogP contribution >= 0.6 is 11.6 Å². The van der Waals surface area contributed by atoms with Crippen molar-refractivity contribution in [2.45, 2.75) is 39.7 Å². The van der Waals surface area contributed by atoms with E-state index < -0.39 is 0 Å². The summed E-state index contributed by atoms with van der Waals surface area (Å²) < 4.78 is 0. The fourth-order valence-corrected chi connectivity index (χ4v) is 2.65. The average molecular weight is 402 g/mol. The van der Waals surface area contributed by atoms with Crippen molar-refractivity contribution in [1.29, 1.82) is 0 Å². The maximum atomic E-state index is 11.6. The molecule has 0 radical (unpaired) electrons. The fraction of sp³-hybridized carbons (Fsp3) is 0.381. The van der Waals surface area contributed by atoms with Crippen LogP contribution in [0.1, 0.15) is 37.8 Å². The van der Waals surface area contributed by atoms with Crippen LogP contribution in [0.15, 0.2) is 47.6 Å². The van der Waals surface area contributed by atoms with Crippen LogP contribution < -0.4 is 16.0 Å². The molecule has 1 amide bonds. The van der Waals surface area contributed by atoms with E-state index in [4.69, 9.17) is 11.6 Å². The first kappa shape index (κ1) is 21.7. The summed E-state index contributed by atoms with van der Waals surface area (Å²) in [4.78, 5) is 20.4. The summed E-state index contributed by atoms with van der Waals surface area (Å²) in [5, 5.41) is 9.96. The largest absolute Gasteiger partial charge is 0.357 e. The van der Waals surface area contributed by atoms with Gasteiger partial charge in [-0.1, -0.05) is 36.7 Å². The number of hydrogen-bond acceptors (Lipinski definition) is 3. The summed E-state index contributed by atoms with van der Waals surface area (Å²) in [5.41, 5.74) is 3.01. The van der Waals surface area contributed by atoms with Gasteiger partial charge in [-0.05, 0) is 49.1 Å². The van der Waals surface area contributed by atoms with Gasteiger partial charge in [-0.15, -0.1) is 0 Å². The molecule has 0 saturated carbocycles. The number of amides is 1. The molecule has 150 valence electrons. The zero-order valence-electron chi connectivity index (χ0n) is 16.5. The Morgan fingerprint density at radius 1 is 1.07 bits per heavy atom. The standard InChI is InChI=1S/C21H28ClN5O/c1-3-5-20(28)27-18-9-6-16(7-10-18)15-26-21(23-4-2)24-13-12-17-8-11-19(22)25-14-17/h6-11,14H,3-5,12-13,15H2,1-2H3,(H,27,28)(H2,23,24,26). The van der Waals surface area contributed by atoms with Crippen LogP contribution in [0.3, 0.4) is 0 Å². The van der Waals surface area contributed by atoms with Gasteiger partial charge in [-0.25, -0.2) is 9.98 Å². The van der Waals surface area contributed by atoms with E-state index in [0.29, 0.717) is 18.1 Å². The molecule has 0 spiro atoms. The summed E-state index contributed by atoms with van der Waals surface area (Å²) >= 11 is 5.81. The Kier molecular flexibility index (Phi) is 9.28. The lowest BCUT2D eigenvalue weighted by Gasteiger charge is -2.11. The summed E-state index contributed by atoms with van der Waals surface area (Å²) in [5.74, 6) is 0.813. The van der Waals surface area contributed by atoms with Gasteiger partial charge in [-0.2, -0.15) is 0 Å². The monoisotopic (exact) mass is 401 g/mol. The van der Waals surface area contributed by atoms with Gasteiger partial charge in [0.25, 0.3) is 0 Å². The van der Waals surface area contributed by atoms with Crippen molar-refractivity contribution >= 4 is 29.2 Å². The molecule has 0 saturated heterocycles. The number of nitrogens with one attached hydrogen (secondary N) is 3. The number of pyridine rings is 1. The number of aliphatic imine (C=N–C) groups is 1. The number of aromatic nitrogens is 1. The Balaban J connectivity index is 1.85. The molecule has 3 N–H and O–H groups in total. The molecule has 0 aliphatic rings. The number of anilines is 1. The smallest absolute Gasteiger partial charge is 0.224 e. The lowest BCUT2D eigenvalue weighted by Crippen LogP contribution is -2.38. The van der Waals surface area contributed by atoms with Gasteiger partial charge in [0.05, 0.1) is 6.54 Å². The summed E-state index contributed by atoms with van der Waals surface area (Å²) in [6, 6.07) is 11.5. The SMILES string of the molecule is CCCC(=O)Nc1ccc(CN=C(NCC)NCCc2ccc(Cl)nc2)cc1. The minimum absolute atomic E-state index is 0.0443. The maximum absolute atomic E-state index is 11.6. The van der Waals surface area contributed by atoms with Crippen molar-refractivity contribution in [1.82, 2.24) is 15.6 Å². The lowest BCUT2D eigenvalue weighted by atomic mass is 10.2. The molecule has 0 aliphatic heterocycles. The zero-order valence-corrected chi connectivity index (χ0v) is 17.2. The molecule has 0 unspecified atom stereocenters. The molecule has 2 rings (SSSR count). The van der Waals surface area contributed by atoms with E-state index in [1.54, 1.807) is 12.3 Å². The number of rotatable bonds is 9. The maximum Gasteiger partial charge on any atom is 0.224 e. The van der Waals surface area contributed by atoms with E-state index in [1.165, 1.54) is 0 Å². The van der Waals surface area contributed by atoms with E-state index in [2.05, 4.69) is 25.9 Å². The second-order valence-corrected chi connectivity index (χ2v) is 6.74. The molecule has 1 aromatic carbocycles. The van der Waals surface area contributed by atoms with Crippen LogP contribution in [0.25, 0.3) is 0 Å². The highest BCUT2D eigenvalue weighted by Gasteiger charge is 2.02. The molecule has 1 aromatic heterocycles. The molecule has 2 aromatic rings. The van der Waals surface area contributed by atoms with Crippen LogP contribution in [-0.4, -0.2) is 29.9 Å². The normalized spacial score (nSPS) is 11.2. The zero-order chi connectivity index (χ0) is 20.2. The quantitative estimate of drug-likeness (QED) is 0.339. The molecule has 1 heterocycles. The summed E-state index contributed by atoms with van der Waals surface area (Å²) in [6.07, 6.45) is 4.00. The first-order valence-electron chi connectivity index (χ1n) is 9.62. The van der Waals surface area contributed by atoms with Crippen LogP contribution in [0.4, 0.5) is 5.69 Å². The summed E-state index contributed by atoms with van der Waals surface area (Å²) in [6.45, 7) is 6.12. The minimum atomic E-state index is 0.0443. The first-order chi connectivity index (χ1) is 13.6. The molecule has 28 heavy (non-hydrogen) atoms. The van der Waals surface area contributed by atoms with Gasteiger partial charge in [0.15, 0.2) is 5.96 Å². The average Bonchev–Trinajstić information content (AvgIpc) is 2.69. The highest BCUT2D eigenvalue weighted by atomic mass is 35.5. The molecule has 0 bridgehead atoms. The number of nitrogens with zero attached hydrogens (tertiary/aromatic N) is 2. The Morgan fingerprint density at radius 3 is 2.46 bits per heavy atom. The van der Waals surface area contributed by atoms with Gasteiger partial charge in [0.1, 0.15) is 5.15 Å². The topological polar surface area (TPSA) is 78.4 Å². The number of carbonyl (C=O) groups excluding carboxylic acids is 1. The predicted octanol–water partition coefficient (Wildman–Crippen LogP) is 3.77. The Labute approximate surface area is 171 Å². The van der Waals surface area contributed by atoms with E-state index >= 15 is 0 Å². The van der Waals surface area contributed by atoms with Crippen molar-refractivity contribution in [2.75, 3.05) is 18.4 Å². The molecule has 6 nitrogen and oxygen atoms in total. The van der Waals surface area contributed by atoms with Gasteiger partial charge >= 0.3 is 0 Å². The third kappa shape index (κ3) is 7.96. The van der Waals surface area contributed by atoms with E-state index in [1.807, 2.05) is 44.2 Å². The number of benzene rings is 1. The Bertz CT molecular complexity index is 759. The van der Waals surface area contributed by atoms with Gasteiger partial charge < -0.3 is 16.0 Å². The van der Waals surface area contributed by atoms with Crippen molar-refractivity contribution in [2.24, 2.45) is 4.99 Å². The molecule has 0 atom stereocenters. The molecule has 7 heteroatoms. The van der Waals surface area contributed by atoms with Crippen LogP contribution in [0.5, 0.6) is 0 Å². The molecular weight excluding hydrogens is 374 g/mol. The first-order valence-corrected chi connectivity index (χ1v) is 10.00. The number of halogens is 1. The van der Waals surface area contributed by atoms with Crippen LogP contribution in [-0.2, 0) is 17.8 Å². The molecular formula is C21H28ClN5O. The second-order valence-electron chi connectivity index (χ2n) is 6.36. The van der Waals surface area contributed by atoms with Crippen LogP contribution in [0, 0.1) is 0 Å². The second kappa shape index (κ2) is 12.0. The Hall–Kier alpha value is -2.60. The number of carbonyl (C=O) groups is 1. The number of hydrogen-bond donors (Lipinski definition) is 3. The minimum Gasteiger partial charge on any atom is -0.357 e. The van der Waals surface area contributed by atoms with Gasteiger partial charge in [-0.3, -0.25) is 4.79 Å². The fourth-order valence-electron chi connectivity index (χ4n) is 2.54. The molecule has 0 aliphatic carbocycles. The van der Waals surface area contributed by atoms with Crippen LogP contribution in [0.2, 0.25) is 5.15 Å². The highest BCUT2D eigenvalue weighted by Crippen LogP contribution is 2.11. The van der Waals surface area contributed by atoms with Gasteiger partial charge in [0.2, 0.25) is 5.91 Å². The predicted molar refractivity (Wildman–Crippen MR) is 116 cm³/mol. The Morgan fingerprint density at radius 2 is 1.82 bits per heavy atom. The van der Waals surface area contributed by atoms with E-state index in [0.717, 1.165) is 48.7 Å². The van der Waals surface area contributed by atoms with E-state index in [9.17, 15) is 4.79 Å². The van der Waals surface area contributed by atoms with Crippen molar-refractivity contribution in [3.05, 3.63) is 58.9 Å². The van der Waals surface area contributed by atoms with Crippen molar-refractivity contribution < 1.29 is 4.79 Å². The third-order valence-corrected chi connectivity index (χ3v) is 4.20. The van der Waals surface area contributed by atoms with Crippen molar-refractivity contribution in [3.63, 3.8) is 0 Å². The highest BCUT2D eigenvalue weighted by molar-refractivity contribution is 6.29. The third-order valence-electron chi connectivity index (χ3n) is 3.97. The van der Waals surface area contributed by atoms with Gasteiger partial charge in [0, 0.05) is 31.4 Å². The molecule has 0 fully saturated rings. The summed E-state index contributed by atoms with van der Waals surface area (Å²) in [7, 11) is 0. The van der Waals surface area contributed by atoms with E-state index in [-0.39, 0.29) is 5.91 Å². The van der Waals surface area contributed by atoms with Crippen molar-refractivity contribution in [3.8, 4) is 0 Å².